The predicted octanol–water partition coefficient (Wildman–Crippen LogP) is 1.41. The predicted molar refractivity (Wildman–Crippen MR) is 58.1 cm³/mol. The molecule has 0 aliphatic carbocycles. The largest absolute Gasteiger partial charge is 0.294 e. The number of carbonyl (C=O) groups excluding carboxylic acids is 1. The topological polar surface area (TPSA) is 52.0 Å². The molecule has 82 valence electrons. The Bertz CT molecular complexity index is 433. The van der Waals surface area contributed by atoms with E-state index in [1.807, 2.05) is 13.8 Å². The highest BCUT2D eigenvalue weighted by molar-refractivity contribution is 5.93. The highest BCUT2D eigenvalue weighted by Crippen LogP contribution is 1.99. The van der Waals surface area contributed by atoms with Gasteiger partial charge in [0.15, 0.2) is 5.78 Å². The molecular formula is C11H16N2O2. The number of ketones is 1. The first kappa shape index (κ1) is 11.6. The third kappa shape index (κ3) is 2.75. The molecule has 0 bridgehead atoms. The smallest absolute Gasteiger partial charge is 0.277 e. The van der Waals surface area contributed by atoms with Crippen LogP contribution in [0.2, 0.25) is 0 Å². The number of nitrogens with zero attached hydrogens (tertiary/aromatic N) is 2. The van der Waals surface area contributed by atoms with Crippen LogP contribution in [0.3, 0.4) is 0 Å². The van der Waals surface area contributed by atoms with Gasteiger partial charge in [-0.1, -0.05) is 13.8 Å². The molecule has 0 saturated heterocycles. The average molecular weight is 208 g/mol. The number of Topliss-reactive ketones (excluding diaryl/α,β-unsaturated/α-hetero) is 1. The van der Waals surface area contributed by atoms with E-state index in [1.54, 1.807) is 13.0 Å². The van der Waals surface area contributed by atoms with E-state index in [1.165, 1.54) is 11.6 Å². The van der Waals surface area contributed by atoms with Crippen molar-refractivity contribution in [1.82, 2.24) is 9.78 Å². The Kier molecular flexibility index (Phi) is 3.39. The fraction of sp³-hybridized carbons (Fsp3) is 0.545. The second-order valence-corrected chi connectivity index (χ2v) is 4.14. The minimum Gasteiger partial charge on any atom is -0.294 e. The van der Waals surface area contributed by atoms with Crippen LogP contribution in [-0.2, 0) is 6.54 Å². The Balaban J connectivity index is 3.29. The van der Waals surface area contributed by atoms with Crippen molar-refractivity contribution in [3.8, 4) is 0 Å². The summed E-state index contributed by atoms with van der Waals surface area (Å²) < 4.78 is 1.37. The monoisotopic (exact) mass is 208 g/mol. The molecule has 0 aliphatic rings. The summed E-state index contributed by atoms with van der Waals surface area (Å²) in [6, 6.07) is 1.54. The standard InChI is InChI=1S/C11H16N2O2/c1-7(2)6-13-11(15)10(9(4)14)5-8(3)12-13/h5,7H,6H2,1-4H3. The molecule has 1 heterocycles. The number of aromatic nitrogens is 2. The van der Waals surface area contributed by atoms with Gasteiger partial charge in [-0.05, 0) is 25.8 Å². The van der Waals surface area contributed by atoms with Crippen LogP contribution in [0.4, 0.5) is 0 Å². The molecule has 0 aromatic carbocycles. The van der Waals surface area contributed by atoms with Gasteiger partial charge in [-0.2, -0.15) is 5.10 Å². The molecule has 0 radical (unpaired) electrons. The van der Waals surface area contributed by atoms with Crippen LogP contribution in [0.1, 0.15) is 36.8 Å². The maximum Gasteiger partial charge on any atom is 0.277 e. The van der Waals surface area contributed by atoms with Gasteiger partial charge in [0.25, 0.3) is 5.56 Å². The van der Waals surface area contributed by atoms with Crippen molar-refractivity contribution in [2.24, 2.45) is 5.92 Å². The summed E-state index contributed by atoms with van der Waals surface area (Å²) >= 11 is 0. The molecule has 0 fully saturated rings. The number of hydrogen-bond donors (Lipinski definition) is 0. The molecule has 1 aromatic rings. The maximum absolute atomic E-state index is 11.8. The van der Waals surface area contributed by atoms with E-state index in [0.29, 0.717) is 18.2 Å². The first-order valence-electron chi connectivity index (χ1n) is 5.01. The highest BCUT2D eigenvalue weighted by atomic mass is 16.1. The molecule has 4 nitrogen and oxygen atoms in total. The van der Waals surface area contributed by atoms with E-state index >= 15 is 0 Å². The van der Waals surface area contributed by atoms with Gasteiger partial charge < -0.3 is 0 Å². The summed E-state index contributed by atoms with van der Waals surface area (Å²) in [4.78, 5) is 23.0. The molecular weight excluding hydrogens is 192 g/mol. The third-order valence-electron chi connectivity index (χ3n) is 2.01. The van der Waals surface area contributed by atoms with Gasteiger partial charge in [-0.15, -0.1) is 0 Å². The molecule has 0 saturated carbocycles. The lowest BCUT2D eigenvalue weighted by atomic mass is 10.2. The van der Waals surface area contributed by atoms with Gasteiger partial charge in [0, 0.05) is 6.54 Å². The number of hydrogen-bond acceptors (Lipinski definition) is 3. The molecule has 0 atom stereocenters. The molecule has 1 rings (SSSR count). The third-order valence-corrected chi connectivity index (χ3v) is 2.01. The summed E-state index contributed by atoms with van der Waals surface area (Å²) in [5.41, 5.74) is 0.630. The van der Waals surface area contributed by atoms with Crippen LogP contribution in [0.15, 0.2) is 10.9 Å². The van der Waals surface area contributed by atoms with E-state index in [2.05, 4.69) is 5.10 Å². The Hall–Kier alpha value is -1.45. The second-order valence-electron chi connectivity index (χ2n) is 4.14. The number of carbonyl (C=O) groups is 1. The quantitative estimate of drug-likeness (QED) is 0.706. The van der Waals surface area contributed by atoms with E-state index in [9.17, 15) is 9.59 Å². The number of aryl methyl sites for hydroxylation is 1. The maximum atomic E-state index is 11.8. The summed E-state index contributed by atoms with van der Waals surface area (Å²) in [7, 11) is 0. The highest BCUT2D eigenvalue weighted by Gasteiger charge is 2.10. The zero-order valence-electron chi connectivity index (χ0n) is 9.57. The molecule has 4 heteroatoms. The minimum atomic E-state index is -0.290. The van der Waals surface area contributed by atoms with Crippen molar-refractivity contribution in [3.63, 3.8) is 0 Å². The SMILES string of the molecule is CC(=O)c1cc(C)nn(CC(C)C)c1=O. The Labute approximate surface area is 88.9 Å². The van der Waals surface area contributed by atoms with Crippen LogP contribution in [-0.4, -0.2) is 15.6 Å². The van der Waals surface area contributed by atoms with E-state index in [-0.39, 0.29) is 16.9 Å². The molecule has 1 aromatic heterocycles. The summed E-state index contributed by atoms with van der Waals surface area (Å²) in [5, 5.41) is 4.11. The fourth-order valence-corrected chi connectivity index (χ4v) is 1.40. The van der Waals surface area contributed by atoms with Gasteiger partial charge in [0.1, 0.15) is 0 Å². The zero-order valence-corrected chi connectivity index (χ0v) is 9.57. The summed E-state index contributed by atoms with van der Waals surface area (Å²) in [5.74, 6) is 0.125. The fourth-order valence-electron chi connectivity index (χ4n) is 1.40. The lowest BCUT2D eigenvalue weighted by Crippen LogP contribution is -2.30. The number of rotatable bonds is 3. The van der Waals surface area contributed by atoms with Crippen LogP contribution in [0, 0.1) is 12.8 Å². The van der Waals surface area contributed by atoms with E-state index in [0.717, 1.165) is 0 Å². The lowest BCUT2D eigenvalue weighted by molar-refractivity contribution is 0.101. The minimum absolute atomic E-state index is 0.206. The Morgan fingerprint density at radius 2 is 2.13 bits per heavy atom. The molecule has 0 spiro atoms. The summed E-state index contributed by atoms with van der Waals surface area (Å²) in [6.45, 7) is 7.73. The zero-order chi connectivity index (χ0) is 11.6. The van der Waals surface area contributed by atoms with Crippen LogP contribution >= 0.6 is 0 Å². The lowest BCUT2D eigenvalue weighted by Gasteiger charge is -2.09. The second kappa shape index (κ2) is 4.38. The van der Waals surface area contributed by atoms with E-state index < -0.39 is 0 Å². The van der Waals surface area contributed by atoms with Crippen molar-refractivity contribution in [2.75, 3.05) is 0 Å². The van der Waals surface area contributed by atoms with Gasteiger partial charge in [0.2, 0.25) is 0 Å². The summed E-state index contributed by atoms with van der Waals surface area (Å²) in [6.07, 6.45) is 0. The van der Waals surface area contributed by atoms with Crippen molar-refractivity contribution in [3.05, 3.63) is 27.7 Å². The molecule has 15 heavy (non-hydrogen) atoms. The molecule has 0 amide bonds. The van der Waals surface area contributed by atoms with Gasteiger partial charge in [0.05, 0.1) is 11.3 Å². The first-order chi connectivity index (χ1) is 6.91. The van der Waals surface area contributed by atoms with E-state index in [4.69, 9.17) is 0 Å². The Morgan fingerprint density at radius 3 is 2.60 bits per heavy atom. The van der Waals surface area contributed by atoms with Crippen molar-refractivity contribution >= 4 is 5.78 Å². The van der Waals surface area contributed by atoms with Crippen LogP contribution in [0.5, 0.6) is 0 Å². The van der Waals surface area contributed by atoms with Gasteiger partial charge >= 0.3 is 0 Å². The van der Waals surface area contributed by atoms with Crippen molar-refractivity contribution in [2.45, 2.75) is 34.2 Å². The normalized spacial score (nSPS) is 10.7. The van der Waals surface area contributed by atoms with Crippen molar-refractivity contribution in [1.29, 1.82) is 0 Å². The molecule has 0 N–H and O–H groups in total. The van der Waals surface area contributed by atoms with Crippen LogP contribution < -0.4 is 5.56 Å². The van der Waals surface area contributed by atoms with Gasteiger partial charge in [-0.3, -0.25) is 9.59 Å². The van der Waals surface area contributed by atoms with Crippen LogP contribution in [0.25, 0.3) is 0 Å². The molecule has 0 aliphatic heterocycles. The Morgan fingerprint density at radius 1 is 1.53 bits per heavy atom. The average Bonchev–Trinajstić information content (AvgIpc) is 2.09. The van der Waals surface area contributed by atoms with Gasteiger partial charge in [-0.25, -0.2) is 4.68 Å². The van der Waals surface area contributed by atoms with Crippen molar-refractivity contribution < 1.29 is 4.79 Å². The first-order valence-corrected chi connectivity index (χ1v) is 5.01. The molecule has 0 unspecified atom stereocenters.